The van der Waals surface area contributed by atoms with Gasteiger partial charge in [-0.15, -0.1) is 0 Å². The Morgan fingerprint density at radius 2 is 1.47 bits per heavy atom. The van der Waals surface area contributed by atoms with Crippen molar-refractivity contribution in [2.24, 2.45) is 0 Å². The van der Waals surface area contributed by atoms with Crippen LogP contribution in [0.3, 0.4) is 0 Å². The monoisotopic (exact) mass is 260 g/mol. The van der Waals surface area contributed by atoms with Gasteiger partial charge < -0.3 is 0 Å². The normalized spacial score (nSPS) is 10.3. The predicted octanol–water partition coefficient (Wildman–Crippen LogP) is 4.73. The molecule has 0 amide bonds. The SMILES string of the molecule is Cc1ccccc1-c1cc(Br)ccc1C. The molecule has 0 spiro atoms. The van der Waals surface area contributed by atoms with Crippen LogP contribution in [0, 0.1) is 13.8 Å². The van der Waals surface area contributed by atoms with Crippen molar-refractivity contribution in [1.29, 1.82) is 0 Å². The molecule has 2 aromatic rings. The van der Waals surface area contributed by atoms with Crippen LogP contribution in [-0.4, -0.2) is 0 Å². The maximum atomic E-state index is 3.52. The van der Waals surface area contributed by atoms with Crippen LogP contribution in [0.5, 0.6) is 0 Å². The van der Waals surface area contributed by atoms with Crippen molar-refractivity contribution in [3.05, 3.63) is 58.1 Å². The van der Waals surface area contributed by atoms with Gasteiger partial charge in [-0.2, -0.15) is 0 Å². The topological polar surface area (TPSA) is 0 Å². The Morgan fingerprint density at radius 1 is 0.800 bits per heavy atom. The van der Waals surface area contributed by atoms with Crippen molar-refractivity contribution < 1.29 is 0 Å². The number of rotatable bonds is 1. The lowest BCUT2D eigenvalue weighted by atomic mass is 9.97. The first-order valence-corrected chi connectivity index (χ1v) is 5.80. The molecule has 0 heterocycles. The van der Waals surface area contributed by atoms with Gasteiger partial charge in [0.1, 0.15) is 0 Å². The third-order valence-corrected chi connectivity index (χ3v) is 3.13. The van der Waals surface area contributed by atoms with Crippen LogP contribution in [0.1, 0.15) is 11.1 Å². The molecule has 0 radical (unpaired) electrons. The van der Waals surface area contributed by atoms with Gasteiger partial charge in [0.2, 0.25) is 0 Å². The molecule has 0 nitrogen and oxygen atoms in total. The van der Waals surface area contributed by atoms with E-state index in [0.29, 0.717) is 0 Å². The average Bonchev–Trinajstić information content (AvgIpc) is 2.23. The van der Waals surface area contributed by atoms with Crippen LogP contribution in [0.2, 0.25) is 0 Å². The van der Waals surface area contributed by atoms with Crippen LogP contribution in [-0.2, 0) is 0 Å². The van der Waals surface area contributed by atoms with E-state index in [1.807, 2.05) is 0 Å². The van der Waals surface area contributed by atoms with Crippen LogP contribution in [0.4, 0.5) is 0 Å². The molecule has 0 N–H and O–H groups in total. The van der Waals surface area contributed by atoms with Crippen LogP contribution in [0.15, 0.2) is 46.9 Å². The van der Waals surface area contributed by atoms with Gasteiger partial charge in [0.05, 0.1) is 0 Å². The summed E-state index contributed by atoms with van der Waals surface area (Å²) in [5.74, 6) is 0. The molecule has 0 fully saturated rings. The van der Waals surface area contributed by atoms with Crippen LogP contribution in [0.25, 0.3) is 11.1 Å². The van der Waals surface area contributed by atoms with E-state index in [-0.39, 0.29) is 0 Å². The highest BCUT2D eigenvalue weighted by molar-refractivity contribution is 9.10. The van der Waals surface area contributed by atoms with Crippen molar-refractivity contribution in [3.8, 4) is 11.1 Å². The fourth-order valence-corrected chi connectivity index (χ4v) is 2.12. The highest BCUT2D eigenvalue weighted by Gasteiger charge is 2.04. The zero-order chi connectivity index (χ0) is 10.8. The molecule has 0 aliphatic carbocycles. The minimum absolute atomic E-state index is 1.13. The molecule has 1 heteroatoms. The predicted molar refractivity (Wildman–Crippen MR) is 69.1 cm³/mol. The lowest BCUT2D eigenvalue weighted by Gasteiger charge is -2.09. The Labute approximate surface area is 99.1 Å². The maximum Gasteiger partial charge on any atom is 0.0181 e. The number of halogens is 1. The summed E-state index contributed by atoms with van der Waals surface area (Å²) in [4.78, 5) is 0. The number of aryl methyl sites for hydroxylation is 2. The summed E-state index contributed by atoms with van der Waals surface area (Å²) in [6.45, 7) is 4.30. The third-order valence-electron chi connectivity index (χ3n) is 2.63. The lowest BCUT2D eigenvalue weighted by Crippen LogP contribution is -1.86. The lowest BCUT2D eigenvalue weighted by molar-refractivity contribution is 1.40. The Kier molecular flexibility index (Phi) is 2.92. The van der Waals surface area contributed by atoms with Gasteiger partial charge in [0.15, 0.2) is 0 Å². The molecule has 0 bridgehead atoms. The Hall–Kier alpha value is -1.08. The van der Waals surface area contributed by atoms with Crippen molar-refractivity contribution in [3.63, 3.8) is 0 Å². The van der Waals surface area contributed by atoms with E-state index in [1.54, 1.807) is 0 Å². The summed E-state index contributed by atoms with van der Waals surface area (Å²) < 4.78 is 1.13. The minimum atomic E-state index is 1.13. The van der Waals surface area contributed by atoms with Crippen molar-refractivity contribution in [1.82, 2.24) is 0 Å². The summed E-state index contributed by atoms with van der Waals surface area (Å²) in [6, 6.07) is 14.9. The van der Waals surface area contributed by atoms with E-state index in [1.165, 1.54) is 22.3 Å². The van der Waals surface area contributed by atoms with E-state index >= 15 is 0 Å². The first-order chi connectivity index (χ1) is 7.18. The van der Waals surface area contributed by atoms with Crippen LogP contribution >= 0.6 is 15.9 Å². The molecule has 0 atom stereocenters. The van der Waals surface area contributed by atoms with Crippen molar-refractivity contribution in [2.45, 2.75) is 13.8 Å². The Balaban J connectivity index is 2.64. The molecule has 0 aromatic heterocycles. The van der Waals surface area contributed by atoms with E-state index < -0.39 is 0 Å². The fourth-order valence-electron chi connectivity index (χ4n) is 1.76. The highest BCUT2D eigenvalue weighted by atomic mass is 79.9. The molecule has 0 unspecified atom stereocenters. The third kappa shape index (κ3) is 2.13. The molecule has 0 saturated carbocycles. The minimum Gasteiger partial charge on any atom is -0.0620 e. The summed E-state index contributed by atoms with van der Waals surface area (Å²) in [5.41, 5.74) is 5.25. The van der Waals surface area contributed by atoms with Gasteiger partial charge in [-0.3, -0.25) is 0 Å². The fraction of sp³-hybridized carbons (Fsp3) is 0.143. The van der Waals surface area contributed by atoms with Gasteiger partial charge in [-0.25, -0.2) is 0 Å². The first kappa shape index (κ1) is 10.4. The Bertz CT molecular complexity index is 486. The van der Waals surface area contributed by atoms with Gasteiger partial charge >= 0.3 is 0 Å². The zero-order valence-corrected chi connectivity index (χ0v) is 10.5. The largest absolute Gasteiger partial charge is 0.0620 e. The van der Waals surface area contributed by atoms with Gasteiger partial charge in [0, 0.05) is 4.47 Å². The van der Waals surface area contributed by atoms with Gasteiger partial charge in [-0.1, -0.05) is 46.3 Å². The molecule has 0 aliphatic rings. The second kappa shape index (κ2) is 4.19. The molecule has 15 heavy (non-hydrogen) atoms. The highest BCUT2D eigenvalue weighted by Crippen LogP contribution is 2.28. The number of hydrogen-bond donors (Lipinski definition) is 0. The summed E-state index contributed by atoms with van der Waals surface area (Å²) in [5, 5.41) is 0. The molecule has 2 aromatic carbocycles. The summed E-state index contributed by atoms with van der Waals surface area (Å²) in [6.07, 6.45) is 0. The smallest absolute Gasteiger partial charge is 0.0181 e. The average molecular weight is 261 g/mol. The van der Waals surface area contributed by atoms with Crippen molar-refractivity contribution in [2.75, 3.05) is 0 Å². The number of hydrogen-bond acceptors (Lipinski definition) is 0. The molecular formula is C14H13Br. The quantitative estimate of drug-likeness (QED) is 0.696. The first-order valence-electron chi connectivity index (χ1n) is 5.00. The molecule has 0 aliphatic heterocycles. The molecule has 2 rings (SSSR count). The van der Waals surface area contributed by atoms with Crippen LogP contribution < -0.4 is 0 Å². The second-order valence-electron chi connectivity index (χ2n) is 3.77. The maximum absolute atomic E-state index is 3.52. The van der Waals surface area contributed by atoms with E-state index in [9.17, 15) is 0 Å². The summed E-state index contributed by atoms with van der Waals surface area (Å²) in [7, 11) is 0. The zero-order valence-electron chi connectivity index (χ0n) is 8.92. The van der Waals surface area contributed by atoms with E-state index in [0.717, 1.165) is 4.47 Å². The Morgan fingerprint density at radius 3 is 2.20 bits per heavy atom. The van der Waals surface area contributed by atoms with Gasteiger partial charge in [0.25, 0.3) is 0 Å². The van der Waals surface area contributed by atoms with E-state index in [4.69, 9.17) is 0 Å². The number of benzene rings is 2. The molecule has 0 saturated heterocycles. The molecule has 76 valence electrons. The standard InChI is InChI=1S/C14H13Br/c1-10-5-3-4-6-13(10)14-9-12(15)8-7-11(14)2/h3-9H,1-2H3. The van der Waals surface area contributed by atoms with Crippen molar-refractivity contribution >= 4 is 15.9 Å². The van der Waals surface area contributed by atoms with Gasteiger partial charge in [-0.05, 0) is 48.2 Å². The van der Waals surface area contributed by atoms with E-state index in [2.05, 4.69) is 72.2 Å². The second-order valence-corrected chi connectivity index (χ2v) is 4.69. The molecular weight excluding hydrogens is 248 g/mol. The summed E-state index contributed by atoms with van der Waals surface area (Å²) >= 11 is 3.52.